The van der Waals surface area contributed by atoms with Crippen molar-refractivity contribution in [1.82, 2.24) is 19.8 Å². The van der Waals surface area contributed by atoms with E-state index in [0.717, 1.165) is 38.0 Å². The summed E-state index contributed by atoms with van der Waals surface area (Å²) in [6, 6.07) is 7.79. The normalized spacial score (nSPS) is 23.4. The zero-order chi connectivity index (χ0) is 26.3. The molecule has 0 radical (unpaired) electrons. The maximum Gasteiger partial charge on any atom is 0.410 e. The van der Waals surface area contributed by atoms with Crippen LogP contribution in [0.4, 0.5) is 16.2 Å². The van der Waals surface area contributed by atoms with E-state index in [4.69, 9.17) is 4.74 Å². The van der Waals surface area contributed by atoms with Crippen LogP contribution in [0.25, 0.3) is 0 Å². The lowest BCUT2D eigenvalue weighted by Gasteiger charge is -2.38. The van der Waals surface area contributed by atoms with Crippen LogP contribution in [0.2, 0.25) is 0 Å². The van der Waals surface area contributed by atoms with Gasteiger partial charge in [-0.1, -0.05) is 0 Å². The van der Waals surface area contributed by atoms with Crippen molar-refractivity contribution in [2.75, 3.05) is 36.4 Å². The number of H-pyrrole nitrogens is 1. The Labute approximate surface area is 217 Å². The lowest BCUT2D eigenvalue weighted by molar-refractivity contribution is -0.136. The average molecular weight is 509 g/mol. The highest BCUT2D eigenvalue weighted by Gasteiger charge is 2.53. The van der Waals surface area contributed by atoms with Gasteiger partial charge in [0, 0.05) is 49.6 Å². The molecule has 37 heavy (non-hydrogen) atoms. The van der Waals surface area contributed by atoms with Gasteiger partial charge < -0.3 is 29.7 Å². The number of imidazole rings is 1. The highest BCUT2D eigenvalue weighted by Crippen LogP contribution is 2.43. The fourth-order valence-electron chi connectivity index (χ4n) is 5.76. The van der Waals surface area contributed by atoms with Gasteiger partial charge in [-0.2, -0.15) is 0 Å². The maximum absolute atomic E-state index is 13.4. The van der Waals surface area contributed by atoms with Crippen molar-refractivity contribution < 1.29 is 19.1 Å². The number of carbonyl (C=O) groups excluding carboxylic acids is 3. The molecule has 2 aromatic rings. The fraction of sp³-hybridized carbons (Fsp3) is 0.556. The third-order valence-electron chi connectivity index (χ3n) is 7.49. The number of piperazine rings is 1. The molecule has 10 nitrogen and oxygen atoms in total. The monoisotopic (exact) mass is 508 g/mol. The van der Waals surface area contributed by atoms with E-state index in [-0.39, 0.29) is 35.9 Å². The number of anilines is 2. The first-order chi connectivity index (χ1) is 17.6. The van der Waals surface area contributed by atoms with Crippen molar-refractivity contribution in [2.45, 2.75) is 64.6 Å². The molecular formula is C27H36N6O4. The smallest absolute Gasteiger partial charge is 0.410 e. The van der Waals surface area contributed by atoms with Crippen molar-refractivity contribution in [2.24, 2.45) is 5.92 Å². The van der Waals surface area contributed by atoms with Crippen LogP contribution in [-0.4, -0.2) is 81.5 Å². The summed E-state index contributed by atoms with van der Waals surface area (Å²) in [5.41, 5.74) is 1.64. The van der Waals surface area contributed by atoms with E-state index in [9.17, 15) is 14.4 Å². The van der Waals surface area contributed by atoms with E-state index in [1.54, 1.807) is 6.92 Å². The van der Waals surface area contributed by atoms with Crippen LogP contribution in [0.3, 0.4) is 0 Å². The summed E-state index contributed by atoms with van der Waals surface area (Å²) < 4.78 is 5.62. The zero-order valence-corrected chi connectivity index (χ0v) is 22.0. The van der Waals surface area contributed by atoms with E-state index in [1.807, 2.05) is 54.8 Å². The van der Waals surface area contributed by atoms with Gasteiger partial charge in [-0.05, 0) is 71.2 Å². The van der Waals surface area contributed by atoms with E-state index < -0.39 is 5.60 Å². The number of aromatic nitrogens is 2. The van der Waals surface area contributed by atoms with Crippen LogP contribution in [0.1, 0.15) is 56.3 Å². The Morgan fingerprint density at radius 1 is 1.05 bits per heavy atom. The molecule has 2 N–H and O–H groups in total. The number of amides is 3. The van der Waals surface area contributed by atoms with Gasteiger partial charge in [-0.25, -0.2) is 9.78 Å². The zero-order valence-electron chi connectivity index (χ0n) is 22.0. The summed E-state index contributed by atoms with van der Waals surface area (Å²) >= 11 is 0. The summed E-state index contributed by atoms with van der Waals surface area (Å²) in [5, 5.41) is 2.87. The van der Waals surface area contributed by atoms with Crippen LogP contribution >= 0.6 is 0 Å². The topological polar surface area (TPSA) is 111 Å². The number of hydrogen-bond acceptors (Lipinski definition) is 6. The molecule has 3 unspecified atom stereocenters. The second-order valence-electron chi connectivity index (χ2n) is 11.2. The Balaban J connectivity index is 1.14. The summed E-state index contributed by atoms with van der Waals surface area (Å²) in [6.07, 6.45) is 3.77. The highest BCUT2D eigenvalue weighted by molar-refractivity contribution is 6.02. The quantitative estimate of drug-likeness (QED) is 0.655. The SMILES string of the molecule is Cc1ncc(C(=O)Nc2ccc(N3CCN(C(=O)C4CC5CCC4N5C(=O)OC(C)(C)C)CC3)cc2)[nH]1. The van der Waals surface area contributed by atoms with Crippen LogP contribution in [0.15, 0.2) is 30.5 Å². The molecule has 3 amide bonds. The molecule has 5 rings (SSSR count). The number of ether oxygens (including phenoxy) is 1. The highest BCUT2D eigenvalue weighted by atomic mass is 16.6. The molecule has 0 saturated carbocycles. The number of aromatic amines is 1. The van der Waals surface area contributed by atoms with Crippen molar-refractivity contribution in [1.29, 1.82) is 0 Å². The predicted molar refractivity (Wildman–Crippen MR) is 140 cm³/mol. The number of fused-ring (bicyclic) bond motifs is 2. The first-order valence-corrected chi connectivity index (χ1v) is 13.1. The van der Waals surface area contributed by atoms with Gasteiger partial charge in [0.25, 0.3) is 5.91 Å². The summed E-state index contributed by atoms with van der Waals surface area (Å²) in [6.45, 7) is 10.2. The third-order valence-corrected chi connectivity index (χ3v) is 7.49. The minimum atomic E-state index is -0.544. The van der Waals surface area contributed by atoms with Crippen LogP contribution in [0, 0.1) is 12.8 Å². The van der Waals surface area contributed by atoms with Crippen LogP contribution < -0.4 is 10.2 Å². The minimum absolute atomic E-state index is 0.0567. The molecule has 198 valence electrons. The Hall–Kier alpha value is -3.56. The average Bonchev–Trinajstić information content (AvgIpc) is 3.58. The van der Waals surface area contributed by atoms with Gasteiger partial charge in [-0.15, -0.1) is 0 Å². The van der Waals surface area contributed by atoms with Crippen molar-refractivity contribution in [3.63, 3.8) is 0 Å². The molecule has 10 heteroatoms. The molecule has 3 aliphatic rings. The van der Waals surface area contributed by atoms with Crippen LogP contribution in [0.5, 0.6) is 0 Å². The van der Waals surface area contributed by atoms with Crippen molar-refractivity contribution in [3.05, 3.63) is 42.0 Å². The fourth-order valence-corrected chi connectivity index (χ4v) is 5.76. The predicted octanol–water partition coefficient (Wildman–Crippen LogP) is 3.41. The first kappa shape index (κ1) is 25.1. The number of rotatable bonds is 4. The number of nitrogens with zero attached hydrogens (tertiary/aromatic N) is 4. The van der Waals surface area contributed by atoms with E-state index in [1.165, 1.54) is 6.20 Å². The van der Waals surface area contributed by atoms with Gasteiger partial charge >= 0.3 is 6.09 Å². The molecule has 0 aliphatic carbocycles. The lowest BCUT2D eigenvalue weighted by atomic mass is 9.88. The second kappa shape index (κ2) is 9.72. The minimum Gasteiger partial charge on any atom is -0.444 e. The van der Waals surface area contributed by atoms with E-state index >= 15 is 0 Å². The molecule has 4 heterocycles. The van der Waals surface area contributed by atoms with Crippen molar-refractivity contribution in [3.8, 4) is 0 Å². The molecule has 2 bridgehead atoms. The van der Waals surface area contributed by atoms with E-state index in [2.05, 4.69) is 20.2 Å². The van der Waals surface area contributed by atoms with Crippen molar-refractivity contribution >= 4 is 29.3 Å². The van der Waals surface area contributed by atoms with Gasteiger partial charge in [-0.3, -0.25) is 9.59 Å². The largest absolute Gasteiger partial charge is 0.444 e. The van der Waals surface area contributed by atoms with Gasteiger partial charge in [0.15, 0.2) is 0 Å². The van der Waals surface area contributed by atoms with Gasteiger partial charge in [0.2, 0.25) is 5.91 Å². The molecule has 3 saturated heterocycles. The third kappa shape index (κ3) is 5.28. The Bertz CT molecular complexity index is 1160. The molecule has 1 aromatic carbocycles. The van der Waals surface area contributed by atoms with Gasteiger partial charge in [0.05, 0.1) is 12.1 Å². The Morgan fingerprint density at radius 3 is 2.38 bits per heavy atom. The number of aryl methyl sites for hydroxylation is 1. The standard InChI is InChI=1S/C27H36N6O4/c1-17-28-16-22(29-17)24(34)30-18-5-7-19(8-6-18)31-11-13-32(14-12-31)25(35)21-15-20-9-10-23(21)33(20)26(36)37-27(2,3)4/h5-8,16,20-21,23H,9-15H2,1-4H3,(H,28,29)(H,30,34). The Kier molecular flexibility index (Phi) is 6.59. The Morgan fingerprint density at radius 2 is 1.76 bits per heavy atom. The first-order valence-electron chi connectivity index (χ1n) is 13.1. The summed E-state index contributed by atoms with van der Waals surface area (Å²) in [7, 11) is 0. The van der Waals surface area contributed by atoms with Crippen LogP contribution in [-0.2, 0) is 9.53 Å². The summed E-state index contributed by atoms with van der Waals surface area (Å²) in [5.74, 6) is 0.483. The molecule has 0 spiro atoms. The van der Waals surface area contributed by atoms with Gasteiger partial charge in [0.1, 0.15) is 17.1 Å². The molecule has 3 fully saturated rings. The number of benzene rings is 1. The molecule has 3 aliphatic heterocycles. The lowest BCUT2D eigenvalue weighted by Crippen LogP contribution is -2.52. The second-order valence-corrected chi connectivity index (χ2v) is 11.2. The molecular weight excluding hydrogens is 472 g/mol. The molecule has 3 atom stereocenters. The maximum atomic E-state index is 13.4. The number of hydrogen-bond donors (Lipinski definition) is 2. The summed E-state index contributed by atoms with van der Waals surface area (Å²) in [4.78, 5) is 51.6. The molecule has 1 aromatic heterocycles. The van der Waals surface area contributed by atoms with E-state index in [0.29, 0.717) is 30.3 Å². The number of nitrogens with one attached hydrogen (secondary N) is 2. The number of carbonyl (C=O) groups is 3.